The number of nitrogens with zero attached hydrogens (tertiary/aromatic N) is 2. The number of imidazole rings is 1. The Morgan fingerprint density at radius 3 is 2.91 bits per heavy atom. The van der Waals surface area contributed by atoms with Crippen LogP contribution in [0.4, 0.5) is 0 Å². The van der Waals surface area contributed by atoms with E-state index in [4.69, 9.17) is 0 Å². The van der Waals surface area contributed by atoms with Crippen LogP contribution in [0.5, 0.6) is 0 Å². The zero-order valence-corrected chi connectivity index (χ0v) is 13.6. The highest BCUT2D eigenvalue weighted by Gasteiger charge is 2.32. The third-order valence-corrected chi connectivity index (χ3v) is 4.05. The molecule has 1 unspecified atom stereocenters. The third kappa shape index (κ3) is 4.31. The number of aromatic nitrogens is 2. The molecule has 0 saturated carbocycles. The molecule has 0 radical (unpaired) electrons. The molecule has 22 heavy (non-hydrogen) atoms. The number of hydrogen-bond acceptors (Lipinski definition) is 3. The number of nitrogens with one attached hydrogen (secondary N) is 1. The second-order valence-electron chi connectivity index (χ2n) is 6.19. The van der Waals surface area contributed by atoms with E-state index in [1.165, 1.54) is 11.1 Å². The molecule has 1 aliphatic heterocycles. The minimum atomic E-state index is -0.774. The molecule has 5 heteroatoms. The van der Waals surface area contributed by atoms with Gasteiger partial charge in [-0.1, -0.05) is 23.3 Å². The lowest BCUT2D eigenvalue weighted by atomic mass is 10.0. The normalized spacial score (nSPS) is 18.9. The number of H-pyrrole nitrogens is 1. The number of aliphatic carboxylic acids is 1. The van der Waals surface area contributed by atoms with Crippen molar-refractivity contribution in [2.75, 3.05) is 6.54 Å². The second kappa shape index (κ2) is 7.40. The van der Waals surface area contributed by atoms with Crippen molar-refractivity contribution < 1.29 is 9.90 Å². The Morgan fingerprint density at radius 2 is 2.23 bits per heavy atom. The molecule has 0 fully saturated rings. The summed E-state index contributed by atoms with van der Waals surface area (Å²) in [7, 11) is 0. The van der Waals surface area contributed by atoms with Crippen LogP contribution in [0.25, 0.3) is 0 Å². The Balaban J connectivity index is 1.98. The zero-order chi connectivity index (χ0) is 16.1. The average Bonchev–Trinajstić information content (AvgIpc) is 2.90. The maximum Gasteiger partial charge on any atom is 0.321 e. The van der Waals surface area contributed by atoms with E-state index in [0.717, 1.165) is 24.2 Å². The Kier molecular flexibility index (Phi) is 5.55. The predicted molar refractivity (Wildman–Crippen MR) is 86.5 cm³/mol. The van der Waals surface area contributed by atoms with Crippen LogP contribution < -0.4 is 0 Å². The van der Waals surface area contributed by atoms with E-state index in [1.54, 1.807) is 6.33 Å². The van der Waals surface area contributed by atoms with E-state index in [9.17, 15) is 9.90 Å². The molecule has 0 aliphatic carbocycles. The highest BCUT2D eigenvalue weighted by Crippen LogP contribution is 2.21. The van der Waals surface area contributed by atoms with Gasteiger partial charge in [-0.3, -0.25) is 9.69 Å². The summed E-state index contributed by atoms with van der Waals surface area (Å²) in [5, 5.41) is 9.43. The summed E-state index contributed by atoms with van der Waals surface area (Å²) in [6, 6.07) is -0.488. The first-order valence-corrected chi connectivity index (χ1v) is 7.74. The first kappa shape index (κ1) is 16.5. The van der Waals surface area contributed by atoms with Crippen LogP contribution in [0.3, 0.4) is 0 Å². The molecule has 1 aliphatic rings. The molecule has 2 heterocycles. The fraction of sp³-hybridized carbons (Fsp3) is 0.529. The second-order valence-corrected chi connectivity index (χ2v) is 6.19. The van der Waals surface area contributed by atoms with E-state index < -0.39 is 12.0 Å². The summed E-state index contributed by atoms with van der Waals surface area (Å²) in [6.07, 6.45) is 8.56. The summed E-state index contributed by atoms with van der Waals surface area (Å²) in [5.74, 6) is -0.774. The first-order valence-electron chi connectivity index (χ1n) is 7.74. The molecule has 1 atom stereocenters. The first-order chi connectivity index (χ1) is 10.5. The van der Waals surface area contributed by atoms with Crippen LogP contribution in [0.2, 0.25) is 0 Å². The average molecular weight is 303 g/mol. The van der Waals surface area contributed by atoms with Crippen molar-refractivity contribution in [1.29, 1.82) is 0 Å². The number of carboxylic acids is 1. The molecule has 0 aromatic carbocycles. The van der Waals surface area contributed by atoms with Gasteiger partial charge >= 0.3 is 5.97 Å². The van der Waals surface area contributed by atoms with Crippen molar-refractivity contribution in [1.82, 2.24) is 14.9 Å². The zero-order valence-electron chi connectivity index (χ0n) is 13.6. The molecule has 0 bridgehead atoms. The highest BCUT2D eigenvalue weighted by atomic mass is 16.4. The van der Waals surface area contributed by atoms with Gasteiger partial charge in [-0.15, -0.1) is 0 Å². The quantitative estimate of drug-likeness (QED) is 0.793. The van der Waals surface area contributed by atoms with E-state index in [-0.39, 0.29) is 0 Å². The minimum Gasteiger partial charge on any atom is -0.480 e. The van der Waals surface area contributed by atoms with Gasteiger partial charge in [0, 0.05) is 19.5 Å². The van der Waals surface area contributed by atoms with Crippen molar-refractivity contribution in [3.05, 3.63) is 41.0 Å². The van der Waals surface area contributed by atoms with Crippen molar-refractivity contribution in [2.45, 2.75) is 52.6 Å². The Bertz CT molecular complexity index is 582. The standard InChI is InChI=1S/C17H25N3O2/c1-12(2)5-4-6-13(3)7-8-20-10-15-14(18-11-19-15)9-16(20)17(21)22/h5,7,11,16H,4,6,8-10H2,1-3H3,(H,18,19)(H,21,22). The molecule has 1 aromatic rings. The van der Waals surface area contributed by atoms with E-state index >= 15 is 0 Å². The van der Waals surface area contributed by atoms with Gasteiger partial charge in [0.2, 0.25) is 0 Å². The van der Waals surface area contributed by atoms with Gasteiger partial charge in [-0.25, -0.2) is 4.98 Å². The van der Waals surface area contributed by atoms with E-state index in [2.05, 4.69) is 42.9 Å². The van der Waals surface area contributed by atoms with Gasteiger partial charge in [-0.2, -0.15) is 0 Å². The van der Waals surface area contributed by atoms with Crippen LogP contribution in [-0.2, 0) is 17.8 Å². The van der Waals surface area contributed by atoms with E-state index in [0.29, 0.717) is 19.5 Å². The summed E-state index contributed by atoms with van der Waals surface area (Å²) >= 11 is 0. The molecule has 1 aromatic heterocycles. The van der Waals surface area contributed by atoms with Crippen LogP contribution in [0, 0.1) is 0 Å². The highest BCUT2D eigenvalue weighted by molar-refractivity contribution is 5.74. The molecule has 0 spiro atoms. The maximum absolute atomic E-state index is 11.5. The van der Waals surface area contributed by atoms with E-state index in [1.807, 2.05) is 4.90 Å². The fourth-order valence-electron chi connectivity index (χ4n) is 2.69. The van der Waals surface area contributed by atoms with Crippen LogP contribution >= 0.6 is 0 Å². The topological polar surface area (TPSA) is 69.2 Å². The summed E-state index contributed by atoms with van der Waals surface area (Å²) in [6.45, 7) is 7.60. The third-order valence-electron chi connectivity index (χ3n) is 4.05. The van der Waals surface area contributed by atoms with Crippen molar-refractivity contribution in [2.24, 2.45) is 0 Å². The number of allylic oxidation sites excluding steroid dienone is 3. The summed E-state index contributed by atoms with van der Waals surface area (Å²) < 4.78 is 0. The number of aromatic amines is 1. The lowest BCUT2D eigenvalue weighted by Crippen LogP contribution is -2.45. The largest absolute Gasteiger partial charge is 0.480 e. The molecule has 0 amide bonds. The number of hydrogen-bond donors (Lipinski definition) is 2. The van der Waals surface area contributed by atoms with Gasteiger partial charge in [0.25, 0.3) is 0 Å². The van der Waals surface area contributed by atoms with Gasteiger partial charge in [0.15, 0.2) is 0 Å². The molecule has 5 nitrogen and oxygen atoms in total. The molecule has 0 saturated heterocycles. The predicted octanol–water partition coefficient (Wildman–Crippen LogP) is 2.91. The number of fused-ring (bicyclic) bond motifs is 1. The SMILES string of the molecule is CC(C)=CCCC(C)=CCN1Cc2[nH]cnc2CC1C(=O)O. The smallest absolute Gasteiger partial charge is 0.321 e. The van der Waals surface area contributed by atoms with Crippen LogP contribution in [0.15, 0.2) is 29.6 Å². The van der Waals surface area contributed by atoms with Gasteiger partial charge < -0.3 is 10.1 Å². The van der Waals surface area contributed by atoms with Crippen molar-refractivity contribution >= 4 is 5.97 Å². The molecule has 2 N–H and O–H groups in total. The summed E-state index contributed by atoms with van der Waals surface area (Å²) in [4.78, 5) is 20.8. The van der Waals surface area contributed by atoms with Gasteiger partial charge in [0.05, 0.1) is 17.7 Å². The molecular weight excluding hydrogens is 278 g/mol. The van der Waals surface area contributed by atoms with Crippen LogP contribution in [0.1, 0.15) is 45.0 Å². The lowest BCUT2D eigenvalue weighted by molar-refractivity contribution is -0.143. The summed E-state index contributed by atoms with van der Waals surface area (Å²) in [5.41, 5.74) is 4.56. The van der Waals surface area contributed by atoms with Crippen molar-refractivity contribution in [3.63, 3.8) is 0 Å². The Hall–Kier alpha value is -1.88. The Labute approximate surface area is 131 Å². The van der Waals surface area contributed by atoms with Crippen molar-refractivity contribution in [3.8, 4) is 0 Å². The molecule has 120 valence electrons. The van der Waals surface area contributed by atoms with Gasteiger partial charge in [-0.05, 0) is 33.6 Å². The molecular formula is C17H25N3O2. The maximum atomic E-state index is 11.5. The minimum absolute atomic E-state index is 0.471. The monoisotopic (exact) mass is 303 g/mol. The number of carbonyl (C=O) groups is 1. The number of carboxylic acid groups (broad SMARTS) is 1. The molecule has 2 rings (SSSR count). The Morgan fingerprint density at radius 1 is 1.45 bits per heavy atom. The van der Waals surface area contributed by atoms with Crippen LogP contribution in [-0.4, -0.2) is 38.5 Å². The number of rotatable bonds is 6. The lowest BCUT2D eigenvalue weighted by Gasteiger charge is -2.31. The van der Waals surface area contributed by atoms with Gasteiger partial charge in [0.1, 0.15) is 6.04 Å². The fourth-order valence-corrected chi connectivity index (χ4v) is 2.69.